The molecule has 0 unspecified atom stereocenters. The van der Waals surface area contributed by atoms with Crippen LogP contribution in [-0.2, 0) is 19.5 Å². The van der Waals surface area contributed by atoms with E-state index in [1.807, 2.05) is 13.0 Å². The molecule has 0 saturated carbocycles. The Morgan fingerprint density at radius 3 is 2.89 bits per heavy atom. The number of fused-ring (bicyclic) bond motifs is 1. The first-order valence-electron chi connectivity index (χ1n) is 6.80. The number of benzene rings is 1. The van der Waals surface area contributed by atoms with Crippen molar-refractivity contribution in [2.45, 2.75) is 26.4 Å². The second-order valence-electron chi connectivity index (χ2n) is 5.35. The van der Waals surface area contributed by atoms with Crippen molar-refractivity contribution < 1.29 is 4.42 Å². The van der Waals surface area contributed by atoms with Gasteiger partial charge >= 0.3 is 0 Å². The molecule has 1 N–H and O–H groups in total. The SMILES string of the molecule is Cc1ccc(CN(C)Cc2ccc3c(c2)CCN3)o1. The van der Waals surface area contributed by atoms with Crippen molar-refractivity contribution in [1.29, 1.82) is 0 Å². The van der Waals surface area contributed by atoms with Crippen LogP contribution in [0.3, 0.4) is 0 Å². The van der Waals surface area contributed by atoms with Gasteiger partial charge in [-0.05, 0) is 49.7 Å². The Hall–Kier alpha value is -1.74. The lowest BCUT2D eigenvalue weighted by molar-refractivity contribution is 0.285. The molecule has 0 saturated heterocycles. The minimum absolute atomic E-state index is 0.850. The van der Waals surface area contributed by atoms with Crippen molar-refractivity contribution in [3.05, 3.63) is 53.0 Å². The summed E-state index contributed by atoms with van der Waals surface area (Å²) in [5, 5.41) is 3.39. The molecule has 1 aliphatic heterocycles. The summed E-state index contributed by atoms with van der Waals surface area (Å²) < 4.78 is 5.61. The molecule has 0 amide bonds. The summed E-state index contributed by atoms with van der Waals surface area (Å²) in [5.41, 5.74) is 4.11. The molecule has 1 aromatic carbocycles. The summed E-state index contributed by atoms with van der Waals surface area (Å²) in [6, 6.07) is 10.8. The highest BCUT2D eigenvalue weighted by Crippen LogP contribution is 2.23. The molecule has 2 aromatic rings. The highest BCUT2D eigenvalue weighted by molar-refractivity contribution is 5.56. The molecule has 3 rings (SSSR count). The van der Waals surface area contributed by atoms with Crippen LogP contribution in [0.2, 0.25) is 0 Å². The summed E-state index contributed by atoms with van der Waals surface area (Å²) in [5.74, 6) is 2.01. The van der Waals surface area contributed by atoms with Crippen LogP contribution in [0.1, 0.15) is 22.6 Å². The fourth-order valence-corrected chi connectivity index (χ4v) is 2.66. The summed E-state index contributed by atoms with van der Waals surface area (Å²) in [7, 11) is 2.13. The maximum absolute atomic E-state index is 5.61. The Morgan fingerprint density at radius 1 is 1.21 bits per heavy atom. The fourth-order valence-electron chi connectivity index (χ4n) is 2.66. The zero-order valence-corrected chi connectivity index (χ0v) is 11.6. The third kappa shape index (κ3) is 2.82. The van der Waals surface area contributed by atoms with E-state index >= 15 is 0 Å². The van der Waals surface area contributed by atoms with Gasteiger partial charge < -0.3 is 9.73 Å². The number of hydrogen-bond acceptors (Lipinski definition) is 3. The van der Waals surface area contributed by atoms with E-state index in [0.717, 1.165) is 37.6 Å². The maximum Gasteiger partial charge on any atom is 0.118 e. The topological polar surface area (TPSA) is 28.4 Å². The molecule has 0 bridgehead atoms. The van der Waals surface area contributed by atoms with Crippen LogP contribution in [0.4, 0.5) is 5.69 Å². The molecule has 3 nitrogen and oxygen atoms in total. The normalized spacial score (nSPS) is 13.6. The number of nitrogens with one attached hydrogen (secondary N) is 1. The Bertz CT molecular complexity index is 574. The van der Waals surface area contributed by atoms with Gasteiger partial charge in [-0.3, -0.25) is 4.90 Å². The highest BCUT2D eigenvalue weighted by Gasteiger charge is 2.11. The number of furan rings is 1. The molecule has 1 aliphatic rings. The maximum atomic E-state index is 5.61. The quantitative estimate of drug-likeness (QED) is 0.910. The van der Waals surface area contributed by atoms with Crippen molar-refractivity contribution in [1.82, 2.24) is 4.90 Å². The van der Waals surface area contributed by atoms with Gasteiger partial charge in [-0.25, -0.2) is 0 Å². The lowest BCUT2D eigenvalue weighted by Gasteiger charge is -2.15. The van der Waals surface area contributed by atoms with Gasteiger partial charge in [0.2, 0.25) is 0 Å². The predicted octanol–water partition coefficient (Wildman–Crippen LogP) is 3.19. The van der Waals surface area contributed by atoms with Gasteiger partial charge in [0.05, 0.1) is 6.54 Å². The van der Waals surface area contributed by atoms with Crippen LogP contribution in [0.5, 0.6) is 0 Å². The van der Waals surface area contributed by atoms with E-state index in [2.05, 4.69) is 41.5 Å². The van der Waals surface area contributed by atoms with Crippen LogP contribution >= 0.6 is 0 Å². The van der Waals surface area contributed by atoms with Gasteiger partial charge in [0, 0.05) is 18.8 Å². The Kier molecular flexibility index (Phi) is 3.30. The first kappa shape index (κ1) is 12.3. The molecule has 0 fully saturated rings. The van der Waals surface area contributed by atoms with Gasteiger partial charge in [0.15, 0.2) is 0 Å². The van der Waals surface area contributed by atoms with E-state index in [1.54, 1.807) is 0 Å². The van der Waals surface area contributed by atoms with Gasteiger partial charge in [-0.15, -0.1) is 0 Å². The largest absolute Gasteiger partial charge is 0.465 e. The number of hydrogen-bond donors (Lipinski definition) is 1. The second-order valence-corrected chi connectivity index (χ2v) is 5.35. The number of nitrogens with zero attached hydrogens (tertiary/aromatic N) is 1. The smallest absolute Gasteiger partial charge is 0.118 e. The summed E-state index contributed by atoms with van der Waals surface area (Å²) >= 11 is 0. The number of anilines is 1. The number of aryl methyl sites for hydroxylation is 1. The molecule has 100 valence electrons. The molecule has 0 spiro atoms. The van der Waals surface area contributed by atoms with E-state index in [0.29, 0.717) is 0 Å². The van der Waals surface area contributed by atoms with E-state index in [1.165, 1.54) is 16.8 Å². The van der Waals surface area contributed by atoms with Gasteiger partial charge in [-0.2, -0.15) is 0 Å². The van der Waals surface area contributed by atoms with Crippen LogP contribution in [0, 0.1) is 6.92 Å². The third-order valence-electron chi connectivity index (χ3n) is 3.55. The number of rotatable bonds is 4. The molecule has 0 atom stereocenters. The van der Waals surface area contributed by atoms with Crippen LogP contribution < -0.4 is 5.32 Å². The lowest BCUT2D eigenvalue weighted by Crippen LogP contribution is -2.16. The molecular formula is C16H20N2O. The molecule has 0 aliphatic carbocycles. The summed E-state index contributed by atoms with van der Waals surface area (Å²) in [4.78, 5) is 2.28. The van der Waals surface area contributed by atoms with Crippen LogP contribution in [0.15, 0.2) is 34.7 Å². The van der Waals surface area contributed by atoms with E-state index < -0.39 is 0 Å². The molecular weight excluding hydrogens is 236 g/mol. The Labute approximate surface area is 114 Å². The van der Waals surface area contributed by atoms with E-state index in [-0.39, 0.29) is 0 Å². The molecule has 1 aromatic heterocycles. The Balaban J connectivity index is 1.64. The first-order chi connectivity index (χ1) is 9.20. The van der Waals surface area contributed by atoms with Crippen molar-refractivity contribution in [3.63, 3.8) is 0 Å². The average Bonchev–Trinajstić information content (AvgIpc) is 2.97. The van der Waals surface area contributed by atoms with Gasteiger partial charge in [-0.1, -0.05) is 12.1 Å². The van der Waals surface area contributed by atoms with Crippen molar-refractivity contribution in [3.8, 4) is 0 Å². The van der Waals surface area contributed by atoms with Crippen molar-refractivity contribution >= 4 is 5.69 Å². The monoisotopic (exact) mass is 256 g/mol. The van der Waals surface area contributed by atoms with Gasteiger partial charge in [0.25, 0.3) is 0 Å². The Morgan fingerprint density at radius 2 is 2.11 bits per heavy atom. The van der Waals surface area contributed by atoms with Crippen molar-refractivity contribution in [2.24, 2.45) is 0 Å². The molecule has 0 radical (unpaired) electrons. The summed E-state index contributed by atoms with van der Waals surface area (Å²) in [6.45, 7) is 4.85. The highest BCUT2D eigenvalue weighted by atomic mass is 16.3. The first-order valence-corrected chi connectivity index (χ1v) is 6.80. The lowest BCUT2D eigenvalue weighted by atomic mass is 10.1. The van der Waals surface area contributed by atoms with Gasteiger partial charge in [0.1, 0.15) is 11.5 Å². The fraction of sp³-hybridized carbons (Fsp3) is 0.375. The second kappa shape index (κ2) is 5.10. The molecule has 19 heavy (non-hydrogen) atoms. The van der Waals surface area contributed by atoms with Crippen molar-refractivity contribution in [2.75, 3.05) is 18.9 Å². The van der Waals surface area contributed by atoms with Crippen LogP contribution in [-0.4, -0.2) is 18.5 Å². The zero-order valence-electron chi connectivity index (χ0n) is 11.6. The zero-order chi connectivity index (χ0) is 13.2. The third-order valence-corrected chi connectivity index (χ3v) is 3.55. The molecule has 3 heteroatoms. The van der Waals surface area contributed by atoms with E-state index in [4.69, 9.17) is 4.42 Å². The van der Waals surface area contributed by atoms with Crippen LogP contribution in [0.25, 0.3) is 0 Å². The predicted molar refractivity (Wildman–Crippen MR) is 77.3 cm³/mol. The summed E-state index contributed by atoms with van der Waals surface area (Å²) in [6.07, 6.45) is 1.14. The minimum Gasteiger partial charge on any atom is -0.465 e. The van der Waals surface area contributed by atoms with E-state index in [9.17, 15) is 0 Å². The standard InChI is InChI=1S/C16H20N2O/c1-12-3-5-15(19-12)11-18(2)10-13-4-6-16-14(9-13)7-8-17-16/h3-6,9,17H,7-8,10-11H2,1-2H3. The average molecular weight is 256 g/mol. The molecule has 2 heterocycles. The minimum atomic E-state index is 0.850.